The van der Waals surface area contributed by atoms with Crippen molar-refractivity contribution < 1.29 is 28.8 Å². The SMILES string of the molecule is O=C(Sc1ccc(SC(=O)c2ccc3c(c2)C(=O)NC3=O)cc1)c1ccc2c(c1)C(=O)NC2=O. The molecular weight excluding hydrogens is 476 g/mol. The molecular formula is C24H12N2O6S2. The summed E-state index contributed by atoms with van der Waals surface area (Å²) in [6, 6.07) is 15.5. The minimum atomic E-state index is -0.527. The first-order chi connectivity index (χ1) is 16.3. The highest BCUT2D eigenvalue weighted by Gasteiger charge is 2.28. The lowest BCUT2D eigenvalue weighted by Crippen LogP contribution is -2.19. The highest BCUT2D eigenvalue weighted by molar-refractivity contribution is 8.14. The van der Waals surface area contributed by atoms with Gasteiger partial charge in [0.25, 0.3) is 23.6 Å². The van der Waals surface area contributed by atoms with E-state index in [0.29, 0.717) is 20.9 Å². The summed E-state index contributed by atoms with van der Waals surface area (Å²) in [7, 11) is 0. The van der Waals surface area contributed by atoms with Gasteiger partial charge in [0.15, 0.2) is 0 Å². The van der Waals surface area contributed by atoms with Gasteiger partial charge in [-0.3, -0.25) is 39.4 Å². The summed E-state index contributed by atoms with van der Waals surface area (Å²) in [6.07, 6.45) is 0. The zero-order valence-electron chi connectivity index (χ0n) is 17.0. The Balaban J connectivity index is 1.26. The number of rotatable bonds is 4. The van der Waals surface area contributed by atoms with Crippen molar-refractivity contribution >= 4 is 57.4 Å². The van der Waals surface area contributed by atoms with Gasteiger partial charge in [-0.2, -0.15) is 0 Å². The van der Waals surface area contributed by atoms with Gasteiger partial charge in [0.2, 0.25) is 10.2 Å². The lowest BCUT2D eigenvalue weighted by Gasteiger charge is -2.05. The lowest BCUT2D eigenvalue weighted by atomic mass is 10.1. The number of amides is 4. The Labute approximate surface area is 200 Å². The summed E-state index contributed by atoms with van der Waals surface area (Å²) in [5.74, 6) is -2.01. The number of fused-ring (bicyclic) bond motifs is 2. The number of thioether (sulfide) groups is 2. The van der Waals surface area contributed by atoms with Gasteiger partial charge >= 0.3 is 0 Å². The second-order valence-corrected chi connectivity index (χ2v) is 9.43. The number of nitrogens with one attached hydrogen (secondary N) is 2. The van der Waals surface area contributed by atoms with Crippen LogP contribution in [-0.2, 0) is 0 Å². The number of imide groups is 2. The molecule has 8 nitrogen and oxygen atoms in total. The summed E-state index contributed by atoms with van der Waals surface area (Å²) in [5, 5.41) is 3.79. The van der Waals surface area contributed by atoms with E-state index in [1.807, 2.05) is 0 Å². The number of carbonyl (C=O) groups excluding carboxylic acids is 6. The van der Waals surface area contributed by atoms with Crippen LogP contribution in [0.4, 0.5) is 0 Å². The van der Waals surface area contributed by atoms with Gasteiger partial charge in [0, 0.05) is 20.9 Å². The fraction of sp³-hybridized carbons (Fsp3) is 0. The number of benzene rings is 3. The molecule has 0 aromatic heterocycles. The second-order valence-electron chi connectivity index (χ2n) is 7.34. The smallest absolute Gasteiger partial charge is 0.258 e. The molecule has 3 aromatic rings. The monoisotopic (exact) mass is 488 g/mol. The van der Waals surface area contributed by atoms with Crippen LogP contribution in [0.3, 0.4) is 0 Å². The summed E-state index contributed by atoms with van der Waals surface area (Å²) < 4.78 is 0. The predicted molar refractivity (Wildman–Crippen MR) is 123 cm³/mol. The topological polar surface area (TPSA) is 126 Å². The van der Waals surface area contributed by atoms with E-state index in [-0.39, 0.29) is 32.5 Å². The van der Waals surface area contributed by atoms with E-state index in [2.05, 4.69) is 10.6 Å². The maximum absolute atomic E-state index is 12.6. The summed E-state index contributed by atoms with van der Waals surface area (Å²) in [4.78, 5) is 73.4. The van der Waals surface area contributed by atoms with Crippen molar-refractivity contribution in [3.05, 3.63) is 94.0 Å². The summed E-state index contributed by atoms with van der Waals surface area (Å²) in [6.45, 7) is 0. The van der Waals surface area contributed by atoms with Crippen molar-refractivity contribution in [2.24, 2.45) is 0 Å². The molecule has 0 saturated heterocycles. The Bertz CT molecular complexity index is 1350. The zero-order valence-corrected chi connectivity index (χ0v) is 18.7. The molecule has 2 N–H and O–H groups in total. The molecule has 2 aliphatic rings. The minimum absolute atomic E-state index is 0.176. The first-order valence-electron chi connectivity index (χ1n) is 9.84. The van der Waals surface area contributed by atoms with Crippen LogP contribution in [0.15, 0.2) is 70.5 Å². The molecule has 0 saturated carbocycles. The van der Waals surface area contributed by atoms with Crippen LogP contribution in [0.5, 0.6) is 0 Å². The van der Waals surface area contributed by atoms with E-state index in [9.17, 15) is 28.8 Å². The first kappa shape index (κ1) is 21.8. The molecule has 0 radical (unpaired) electrons. The Hall–Kier alpha value is -4.02. The van der Waals surface area contributed by atoms with Crippen LogP contribution < -0.4 is 10.6 Å². The molecule has 2 aliphatic heterocycles. The molecule has 0 spiro atoms. The molecule has 34 heavy (non-hydrogen) atoms. The molecule has 10 heteroatoms. The lowest BCUT2D eigenvalue weighted by molar-refractivity contribution is 0.0863. The van der Waals surface area contributed by atoms with Crippen molar-refractivity contribution in [1.82, 2.24) is 10.6 Å². The highest BCUT2D eigenvalue weighted by atomic mass is 32.2. The van der Waals surface area contributed by atoms with Crippen LogP contribution in [0.25, 0.3) is 0 Å². The largest absolute Gasteiger partial charge is 0.288 e. The molecule has 2 heterocycles. The molecule has 0 aliphatic carbocycles. The van der Waals surface area contributed by atoms with Gasteiger partial charge in [-0.05, 0) is 84.2 Å². The van der Waals surface area contributed by atoms with E-state index >= 15 is 0 Å². The van der Waals surface area contributed by atoms with E-state index < -0.39 is 23.6 Å². The fourth-order valence-electron chi connectivity index (χ4n) is 3.50. The zero-order chi connectivity index (χ0) is 24.0. The van der Waals surface area contributed by atoms with Crippen molar-refractivity contribution in [3.63, 3.8) is 0 Å². The normalized spacial score (nSPS) is 13.9. The Kier molecular flexibility index (Phi) is 5.39. The Morgan fingerprint density at radius 3 is 1.24 bits per heavy atom. The van der Waals surface area contributed by atoms with Crippen molar-refractivity contribution in [2.75, 3.05) is 0 Å². The van der Waals surface area contributed by atoms with Gasteiger partial charge < -0.3 is 0 Å². The minimum Gasteiger partial charge on any atom is -0.288 e. The van der Waals surface area contributed by atoms with Crippen molar-refractivity contribution in [1.29, 1.82) is 0 Å². The predicted octanol–water partition coefficient (Wildman–Crippen LogP) is 3.32. The Morgan fingerprint density at radius 1 is 0.500 bits per heavy atom. The standard InChI is InChI=1S/C24H12N2O6S2/c27-19-15-7-1-11(9-17(15)21(29)25-19)23(31)33-13-3-5-14(6-4-13)34-24(32)12-2-8-16-18(10-12)22(30)26-20(16)28/h1-10H,(H,25,27,29)(H,26,28,30). The van der Waals surface area contributed by atoms with Crippen LogP contribution in [0.1, 0.15) is 62.1 Å². The van der Waals surface area contributed by atoms with E-state index in [0.717, 1.165) is 23.5 Å². The maximum atomic E-state index is 12.6. The molecule has 0 fully saturated rings. The van der Waals surface area contributed by atoms with E-state index in [1.54, 1.807) is 24.3 Å². The quantitative estimate of drug-likeness (QED) is 0.423. The molecule has 3 aromatic carbocycles. The van der Waals surface area contributed by atoms with Gasteiger partial charge in [0.1, 0.15) is 0 Å². The van der Waals surface area contributed by atoms with Crippen LogP contribution in [-0.4, -0.2) is 33.9 Å². The van der Waals surface area contributed by atoms with Gasteiger partial charge in [-0.1, -0.05) is 0 Å². The average molecular weight is 489 g/mol. The van der Waals surface area contributed by atoms with Crippen LogP contribution >= 0.6 is 23.5 Å². The molecule has 166 valence electrons. The molecule has 0 atom stereocenters. The number of carbonyl (C=O) groups is 6. The van der Waals surface area contributed by atoms with Crippen LogP contribution in [0, 0.1) is 0 Å². The number of hydrogen-bond donors (Lipinski definition) is 2. The first-order valence-corrected chi connectivity index (χ1v) is 11.5. The fourth-order valence-corrected chi connectivity index (χ4v) is 4.96. The highest BCUT2D eigenvalue weighted by Crippen LogP contribution is 2.30. The van der Waals surface area contributed by atoms with Gasteiger partial charge in [0.05, 0.1) is 22.3 Å². The number of hydrogen-bond acceptors (Lipinski definition) is 8. The van der Waals surface area contributed by atoms with Crippen molar-refractivity contribution in [2.45, 2.75) is 9.79 Å². The Morgan fingerprint density at radius 2 is 0.853 bits per heavy atom. The average Bonchev–Trinajstić information content (AvgIpc) is 3.28. The molecule has 0 bridgehead atoms. The molecule has 0 unspecified atom stereocenters. The molecule has 4 amide bonds. The van der Waals surface area contributed by atoms with Crippen LogP contribution in [0.2, 0.25) is 0 Å². The third-order valence-electron chi connectivity index (χ3n) is 5.19. The van der Waals surface area contributed by atoms with Gasteiger partial charge in [-0.25, -0.2) is 0 Å². The molecule has 5 rings (SSSR count). The van der Waals surface area contributed by atoms with Gasteiger partial charge in [-0.15, -0.1) is 0 Å². The van der Waals surface area contributed by atoms with Crippen molar-refractivity contribution in [3.8, 4) is 0 Å². The third kappa shape index (κ3) is 3.93. The maximum Gasteiger partial charge on any atom is 0.258 e. The summed E-state index contributed by atoms with van der Waals surface area (Å²) >= 11 is 1.91. The second kappa shape index (κ2) is 8.40. The van der Waals surface area contributed by atoms with E-state index in [4.69, 9.17) is 0 Å². The third-order valence-corrected chi connectivity index (χ3v) is 7.05. The summed E-state index contributed by atoms with van der Waals surface area (Å²) in [5.41, 5.74) is 1.43. The van der Waals surface area contributed by atoms with E-state index in [1.165, 1.54) is 36.4 Å².